The fourth-order valence-electron chi connectivity index (χ4n) is 2.22. The van der Waals surface area contributed by atoms with Gasteiger partial charge in [0, 0.05) is 16.0 Å². The van der Waals surface area contributed by atoms with Gasteiger partial charge in [0.15, 0.2) is 0 Å². The van der Waals surface area contributed by atoms with Crippen LogP contribution in [0, 0.1) is 0 Å². The molecule has 1 saturated carbocycles. The molecule has 0 heterocycles. The first kappa shape index (κ1) is 13.8. The number of carbonyl (C=O) groups excluding carboxylic acids is 1. The molecule has 4 heteroatoms. The van der Waals surface area contributed by atoms with Gasteiger partial charge in [0.2, 0.25) is 5.91 Å². The van der Waals surface area contributed by atoms with E-state index >= 15 is 0 Å². The molecule has 1 fully saturated rings. The highest BCUT2D eigenvalue weighted by atomic mass is 35.5. The van der Waals surface area contributed by atoms with Crippen LogP contribution in [0.1, 0.15) is 32.1 Å². The van der Waals surface area contributed by atoms with Gasteiger partial charge in [0.25, 0.3) is 0 Å². The standard InChI is InChI=1S/C14H18ClNOS/c15-11-5-4-8-13(9-11)18-10-14(17)16-12-6-2-1-3-7-12/h4-5,8-9,12H,1-3,6-7,10H2,(H,16,17). The number of hydrogen-bond acceptors (Lipinski definition) is 2. The summed E-state index contributed by atoms with van der Waals surface area (Å²) < 4.78 is 0. The highest BCUT2D eigenvalue weighted by molar-refractivity contribution is 8.00. The third-order valence-corrected chi connectivity index (χ3v) is 4.37. The Morgan fingerprint density at radius 1 is 1.33 bits per heavy atom. The fraction of sp³-hybridized carbons (Fsp3) is 0.500. The van der Waals surface area contributed by atoms with E-state index in [-0.39, 0.29) is 5.91 Å². The molecule has 2 nitrogen and oxygen atoms in total. The maximum Gasteiger partial charge on any atom is 0.230 e. The van der Waals surface area contributed by atoms with Gasteiger partial charge in [-0.3, -0.25) is 4.79 Å². The van der Waals surface area contributed by atoms with Crippen LogP contribution in [0.4, 0.5) is 0 Å². The lowest BCUT2D eigenvalue weighted by atomic mass is 9.95. The Morgan fingerprint density at radius 2 is 2.11 bits per heavy atom. The van der Waals surface area contributed by atoms with Crippen molar-refractivity contribution in [3.05, 3.63) is 29.3 Å². The molecule has 0 bridgehead atoms. The van der Waals surface area contributed by atoms with E-state index in [1.807, 2.05) is 24.3 Å². The molecule has 1 aliphatic rings. The first-order valence-corrected chi connectivity index (χ1v) is 7.78. The minimum atomic E-state index is 0.131. The summed E-state index contributed by atoms with van der Waals surface area (Å²) in [5.41, 5.74) is 0. The quantitative estimate of drug-likeness (QED) is 0.850. The highest BCUT2D eigenvalue weighted by Crippen LogP contribution is 2.22. The van der Waals surface area contributed by atoms with Crippen molar-refractivity contribution in [2.24, 2.45) is 0 Å². The SMILES string of the molecule is O=C(CSc1cccc(Cl)c1)NC1CCCCC1. The van der Waals surface area contributed by atoms with Gasteiger partial charge >= 0.3 is 0 Å². The Hall–Kier alpha value is -0.670. The zero-order chi connectivity index (χ0) is 12.8. The number of halogens is 1. The average molecular weight is 284 g/mol. The van der Waals surface area contributed by atoms with Crippen LogP contribution < -0.4 is 5.32 Å². The summed E-state index contributed by atoms with van der Waals surface area (Å²) in [7, 11) is 0. The minimum absolute atomic E-state index is 0.131. The summed E-state index contributed by atoms with van der Waals surface area (Å²) in [4.78, 5) is 12.8. The van der Waals surface area contributed by atoms with Crippen molar-refractivity contribution in [2.75, 3.05) is 5.75 Å². The van der Waals surface area contributed by atoms with E-state index < -0.39 is 0 Å². The molecule has 1 N–H and O–H groups in total. The molecule has 0 spiro atoms. The molecule has 0 radical (unpaired) electrons. The molecule has 0 unspecified atom stereocenters. The van der Waals surface area contributed by atoms with Crippen LogP contribution in [-0.4, -0.2) is 17.7 Å². The summed E-state index contributed by atoms with van der Waals surface area (Å²) in [5.74, 6) is 0.600. The number of carbonyl (C=O) groups is 1. The Bertz CT molecular complexity index is 405. The molecule has 1 aromatic carbocycles. The van der Waals surface area contributed by atoms with E-state index in [1.54, 1.807) is 0 Å². The molecule has 1 amide bonds. The molecular formula is C14H18ClNOS. The van der Waals surface area contributed by atoms with Crippen molar-refractivity contribution in [1.82, 2.24) is 5.32 Å². The second-order valence-corrected chi connectivity index (χ2v) is 6.13. The topological polar surface area (TPSA) is 29.1 Å². The molecule has 0 atom stereocenters. The predicted molar refractivity (Wildman–Crippen MR) is 77.2 cm³/mol. The normalized spacial score (nSPS) is 16.5. The van der Waals surface area contributed by atoms with E-state index in [2.05, 4.69) is 5.32 Å². The Kier molecular flexibility index (Phi) is 5.39. The Morgan fingerprint density at radius 3 is 2.83 bits per heavy atom. The number of rotatable bonds is 4. The molecule has 0 aliphatic heterocycles. The van der Waals surface area contributed by atoms with Crippen molar-refractivity contribution in [1.29, 1.82) is 0 Å². The maximum absolute atomic E-state index is 11.8. The van der Waals surface area contributed by atoms with E-state index in [9.17, 15) is 4.79 Å². The van der Waals surface area contributed by atoms with Crippen LogP contribution in [0.15, 0.2) is 29.2 Å². The highest BCUT2D eigenvalue weighted by Gasteiger charge is 2.15. The lowest BCUT2D eigenvalue weighted by Gasteiger charge is -2.22. The van der Waals surface area contributed by atoms with Crippen LogP contribution in [-0.2, 0) is 4.79 Å². The molecule has 2 rings (SSSR count). The molecule has 0 saturated heterocycles. The fourth-order valence-corrected chi connectivity index (χ4v) is 3.24. The van der Waals surface area contributed by atoms with Crippen LogP contribution in [0.3, 0.4) is 0 Å². The number of hydrogen-bond donors (Lipinski definition) is 1. The first-order valence-electron chi connectivity index (χ1n) is 6.42. The van der Waals surface area contributed by atoms with E-state index in [0.29, 0.717) is 16.8 Å². The van der Waals surface area contributed by atoms with Crippen LogP contribution in [0.5, 0.6) is 0 Å². The second-order valence-electron chi connectivity index (χ2n) is 4.65. The molecule has 18 heavy (non-hydrogen) atoms. The van der Waals surface area contributed by atoms with E-state index in [4.69, 9.17) is 11.6 Å². The van der Waals surface area contributed by atoms with Crippen molar-refractivity contribution < 1.29 is 4.79 Å². The number of nitrogens with one attached hydrogen (secondary N) is 1. The zero-order valence-electron chi connectivity index (χ0n) is 10.3. The lowest BCUT2D eigenvalue weighted by Crippen LogP contribution is -2.37. The van der Waals surface area contributed by atoms with Gasteiger partial charge in [-0.25, -0.2) is 0 Å². The molecule has 1 aliphatic carbocycles. The Labute approximate surface area is 117 Å². The summed E-state index contributed by atoms with van der Waals surface area (Å²) in [6, 6.07) is 8.01. The summed E-state index contributed by atoms with van der Waals surface area (Å²) in [5, 5.41) is 3.83. The van der Waals surface area contributed by atoms with E-state index in [0.717, 1.165) is 17.7 Å². The summed E-state index contributed by atoms with van der Waals surface area (Å²) in [6.07, 6.45) is 6.06. The van der Waals surface area contributed by atoms with Crippen molar-refractivity contribution in [3.8, 4) is 0 Å². The van der Waals surface area contributed by atoms with Gasteiger partial charge < -0.3 is 5.32 Å². The van der Waals surface area contributed by atoms with Gasteiger partial charge in [0.1, 0.15) is 0 Å². The summed E-state index contributed by atoms with van der Waals surface area (Å²) >= 11 is 7.44. The van der Waals surface area contributed by atoms with E-state index in [1.165, 1.54) is 31.0 Å². The first-order chi connectivity index (χ1) is 8.74. The number of thioether (sulfide) groups is 1. The zero-order valence-corrected chi connectivity index (χ0v) is 11.9. The third kappa shape index (κ3) is 4.54. The van der Waals surface area contributed by atoms with Crippen LogP contribution in [0.2, 0.25) is 5.02 Å². The predicted octanol–water partition coefficient (Wildman–Crippen LogP) is 3.88. The molecule has 0 aromatic heterocycles. The number of benzene rings is 1. The van der Waals surface area contributed by atoms with Crippen LogP contribution >= 0.6 is 23.4 Å². The number of amides is 1. The molecule has 98 valence electrons. The average Bonchev–Trinajstić information content (AvgIpc) is 2.38. The van der Waals surface area contributed by atoms with Gasteiger partial charge in [-0.1, -0.05) is 36.9 Å². The molecule has 1 aromatic rings. The maximum atomic E-state index is 11.8. The third-order valence-electron chi connectivity index (χ3n) is 3.14. The van der Waals surface area contributed by atoms with Crippen LogP contribution in [0.25, 0.3) is 0 Å². The van der Waals surface area contributed by atoms with Gasteiger partial charge in [0.05, 0.1) is 5.75 Å². The van der Waals surface area contributed by atoms with Crippen molar-refractivity contribution in [3.63, 3.8) is 0 Å². The summed E-state index contributed by atoms with van der Waals surface area (Å²) in [6.45, 7) is 0. The van der Waals surface area contributed by atoms with Gasteiger partial charge in [-0.2, -0.15) is 0 Å². The minimum Gasteiger partial charge on any atom is -0.353 e. The van der Waals surface area contributed by atoms with Crippen molar-refractivity contribution >= 4 is 29.3 Å². The van der Waals surface area contributed by atoms with Gasteiger partial charge in [-0.05, 0) is 31.0 Å². The molecular weight excluding hydrogens is 266 g/mol. The Balaban J connectivity index is 1.74. The monoisotopic (exact) mass is 283 g/mol. The largest absolute Gasteiger partial charge is 0.353 e. The second kappa shape index (κ2) is 7.05. The van der Waals surface area contributed by atoms with Gasteiger partial charge in [-0.15, -0.1) is 11.8 Å². The smallest absolute Gasteiger partial charge is 0.230 e. The van der Waals surface area contributed by atoms with Crippen molar-refractivity contribution in [2.45, 2.75) is 43.0 Å². The lowest BCUT2D eigenvalue weighted by molar-refractivity contribution is -0.119.